The monoisotopic (exact) mass is 409 g/mol. The summed E-state index contributed by atoms with van der Waals surface area (Å²) in [5, 5.41) is 1.24. The van der Waals surface area contributed by atoms with Gasteiger partial charge in [0.15, 0.2) is 0 Å². The normalized spacial score (nSPS) is 14.3. The summed E-state index contributed by atoms with van der Waals surface area (Å²) in [6.07, 6.45) is 0. The van der Waals surface area contributed by atoms with E-state index in [1.807, 2.05) is 25.1 Å². The van der Waals surface area contributed by atoms with E-state index < -0.39 is 0 Å². The number of hydrogen-bond donors (Lipinski definition) is 0. The minimum Gasteiger partial charge on any atom is -0.353 e. The standard InChI is InChI=1S/C26H27N5/c1-18-8-7-11-22-19(2)16-24(29-26(18)22)30-12-14-31(15-13-30)25-17-23(27-20(3)28-25)21-9-5-4-6-10-21/h4-11,16-17H,12-15H2,1-3H3. The number of para-hydroxylation sites is 1. The van der Waals surface area contributed by atoms with Crippen molar-refractivity contribution in [1.29, 1.82) is 0 Å². The van der Waals surface area contributed by atoms with E-state index in [0.717, 1.165) is 60.4 Å². The largest absolute Gasteiger partial charge is 0.353 e. The predicted molar refractivity (Wildman–Crippen MR) is 128 cm³/mol. The van der Waals surface area contributed by atoms with Crippen molar-refractivity contribution in [3.05, 3.63) is 77.6 Å². The molecule has 31 heavy (non-hydrogen) atoms. The van der Waals surface area contributed by atoms with Crippen LogP contribution >= 0.6 is 0 Å². The fourth-order valence-corrected chi connectivity index (χ4v) is 4.34. The average molecular weight is 410 g/mol. The maximum atomic E-state index is 5.01. The van der Waals surface area contributed by atoms with E-state index in [2.05, 4.69) is 71.1 Å². The minimum absolute atomic E-state index is 0.807. The van der Waals surface area contributed by atoms with E-state index in [-0.39, 0.29) is 0 Å². The molecule has 0 bridgehead atoms. The maximum Gasteiger partial charge on any atom is 0.132 e. The first kappa shape index (κ1) is 19.5. The summed E-state index contributed by atoms with van der Waals surface area (Å²) in [5.41, 5.74) is 5.72. The van der Waals surface area contributed by atoms with Crippen LogP contribution in [0.25, 0.3) is 22.2 Å². The Morgan fingerprint density at radius 1 is 0.645 bits per heavy atom. The number of piperazine rings is 1. The van der Waals surface area contributed by atoms with Crippen LogP contribution in [0.4, 0.5) is 11.6 Å². The molecule has 4 aromatic rings. The molecule has 5 heteroatoms. The lowest BCUT2D eigenvalue weighted by Crippen LogP contribution is -2.47. The van der Waals surface area contributed by atoms with Crippen LogP contribution in [0.15, 0.2) is 60.7 Å². The molecule has 1 saturated heterocycles. The molecule has 2 aromatic heterocycles. The first-order valence-corrected chi connectivity index (χ1v) is 10.9. The van der Waals surface area contributed by atoms with Crippen LogP contribution in [0.5, 0.6) is 0 Å². The Labute approximate surface area is 183 Å². The van der Waals surface area contributed by atoms with Gasteiger partial charge in [0.25, 0.3) is 0 Å². The zero-order valence-corrected chi connectivity index (χ0v) is 18.3. The van der Waals surface area contributed by atoms with Crippen molar-refractivity contribution in [2.75, 3.05) is 36.0 Å². The fourth-order valence-electron chi connectivity index (χ4n) is 4.34. The van der Waals surface area contributed by atoms with Crippen molar-refractivity contribution in [3.63, 3.8) is 0 Å². The second kappa shape index (κ2) is 7.99. The third-order valence-corrected chi connectivity index (χ3v) is 6.06. The van der Waals surface area contributed by atoms with Gasteiger partial charge in [0.05, 0.1) is 11.2 Å². The molecule has 156 valence electrons. The molecule has 0 unspecified atom stereocenters. The lowest BCUT2D eigenvalue weighted by Gasteiger charge is -2.36. The lowest BCUT2D eigenvalue weighted by molar-refractivity contribution is 0.641. The molecule has 0 N–H and O–H groups in total. The quantitative estimate of drug-likeness (QED) is 0.479. The van der Waals surface area contributed by atoms with Gasteiger partial charge >= 0.3 is 0 Å². The number of rotatable bonds is 3. The van der Waals surface area contributed by atoms with Crippen molar-refractivity contribution < 1.29 is 0 Å². The number of nitrogens with zero attached hydrogens (tertiary/aromatic N) is 5. The Morgan fingerprint density at radius 2 is 1.32 bits per heavy atom. The first-order chi connectivity index (χ1) is 15.1. The van der Waals surface area contributed by atoms with Crippen molar-refractivity contribution >= 4 is 22.5 Å². The summed E-state index contributed by atoms with van der Waals surface area (Å²) >= 11 is 0. The minimum atomic E-state index is 0.807. The highest BCUT2D eigenvalue weighted by molar-refractivity contribution is 5.86. The van der Waals surface area contributed by atoms with E-state index >= 15 is 0 Å². The van der Waals surface area contributed by atoms with Crippen LogP contribution in [-0.4, -0.2) is 41.1 Å². The number of aryl methyl sites for hydroxylation is 3. The van der Waals surface area contributed by atoms with Crippen LogP contribution in [0.1, 0.15) is 17.0 Å². The number of fused-ring (bicyclic) bond motifs is 1. The van der Waals surface area contributed by atoms with Crippen molar-refractivity contribution in [1.82, 2.24) is 15.0 Å². The zero-order valence-electron chi connectivity index (χ0n) is 18.3. The van der Waals surface area contributed by atoms with Crippen LogP contribution in [-0.2, 0) is 0 Å². The van der Waals surface area contributed by atoms with Gasteiger partial charge in [-0.1, -0.05) is 48.5 Å². The van der Waals surface area contributed by atoms with Gasteiger partial charge in [0, 0.05) is 43.2 Å². The Bertz CT molecular complexity index is 1230. The van der Waals surface area contributed by atoms with E-state index in [1.54, 1.807) is 0 Å². The number of aromatic nitrogens is 3. The van der Waals surface area contributed by atoms with E-state index in [9.17, 15) is 0 Å². The first-order valence-electron chi connectivity index (χ1n) is 10.9. The zero-order chi connectivity index (χ0) is 21.4. The second-order valence-corrected chi connectivity index (χ2v) is 8.27. The van der Waals surface area contributed by atoms with Crippen molar-refractivity contribution in [2.45, 2.75) is 20.8 Å². The van der Waals surface area contributed by atoms with Gasteiger partial charge in [0.1, 0.15) is 17.5 Å². The molecule has 0 atom stereocenters. The highest BCUT2D eigenvalue weighted by Crippen LogP contribution is 2.27. The summed E-state index contributed by atoms with van der Waals surface area (Å²) in [5.74, 6) is 2.88. The molecular formula is C26H27N5. The summed E-state index contributed by atoms with van der Waals surface area (Å²) < 4.78 is 0. The molecule has 0 amide bonds. The van der Waals surface area contributed by atoms with Crippen molar-refractivity contribution in [2.24, 2.45) is 0 Å². The van der Waals surface area contributed by atoms with Gasteiger partial charge in [-0.15, -0.1) is 0 Å². The Balaban J connectivity index is 1.37. The molecule has 0 spiro atoms. The summed E-state index contributed by atoms with van der Waals surface area (Å²) in [4.78, 5) is 19.1. The molecule has 5 rings (SSSR count). The average Bonchev–Trinajstić information content (AvgIpc) is 2.80. The molecule has 5 nitrogen and oxygen atoms in total. The molecule has 1 aliphatic rings. The van der Waals surface area contributed by atoms with E-state index in [0.29, 0.717) is 0 Å². The molecule has 1 aliphatic heterocycles. The number of benzene rings is 2. The Hall–Kier alpha value is -3.47. The predicted octanol–water partition coefficient (Wildman–Crippen LogP) is 4.94. The van der Waals surface area contributed by atoms with E-state index in [4.69, 9.17) is 9.97 Å². The highest BCUT2D eigenvalue weighted by Gasteiger charge is 2.21. The van der Waals surface area contributed by atoms with Gasteiger partial charge in [0.2, 0.25) is 0 Å². The second-order valence-electron chi connectivity index (χ2n) is 8.27. The Kier molecular flexibility index (Phi) is 5.02. The fraction of sp³-hybridized carbons (Fsp3) is 0.269. The topological polar surface area (TPSA) is 45.2 Å². The molecule has 1 fully saturated rings. The van der Waals surface area contributed by atoms with Gasteiger partial charge < -0.3 is 9.80 Å². The number of pyridine rings is 1. The van der Waals surface area contributed by atoms with Crippen LogP contribution in [0, 0.1) is 20.8 Å². The molecule has 2 aromatic carbocycles. The van der Waals surface area contributed by atoms with Crippen LogP contribution in [0.3, 0.4) is 0 Å². The smallest absolute Gasteiger partial charge is 0.132 e. The van der Waals surface area contributed by atoms with Crippen LogP contribution in [0.2, 0.25) is 0 Å². The summed E-state index contributed by atoms with van der Waals surface area (Å²) in [7, 11) is 0. The van der Waals surface area contributed by atoms with Crippen LogP contribution < -0.4 is 9.80 Å². The molecular weight excluding hydrogens is 382 g/mol. The lowest BCUT2D eigenvalue weighted by atomic mass is 10.1. The van der Waals surface area contributed by atoms with E-state index in [1.165, 1.54) is 16.5 Å². The highest BCUT2D eigenvalue weighted by atomic mass is 15.3. The summed E-state index contributed by atoms with van der Waals surface area (Å²) in [6.45, 7) is 9.96. The molecule has 0 aliphatic carbocycles. The Morgan fingerprint density at radius 3 is 2.03 bits per heavy atom. The molecule has 0 saturated carbocycles. The number of anilines is 2. The van der Waals surface area contributed by atoms with Gasteiger partial charge in [-0.05, 0) is 38.0 Å². The summed E-state index contributed by atoms with van der Waals surface area (Å²) in [6, 6.07) is 21.1. The third kappa shape index (κ3) is 3.83. The van der Waals surface area contributed by atoms with Gasteiger partial charge in [-0.2, -0.15) is 0 Å². The maximum absolute atomic E-state index is 5.01. The van der Waals surface area contributed by atoms with Gasteiger partial charge in [-0.3, -0.25) is 0 Å². The number of hydrogen-bond acceptors (Lipinski definition) is 5. The molecule has 0 radical (unpaired) electrons. The molecule has 3 heterocycles. The third-order valence-electron chi connectivity index (χ3n) is 6.06. The van der Waals surface area contributed by atoms with Gasteiger partial charge in [-0.25, -0.2) is 15.0 Å². The SMILES string of the molecule is Cc1nc(-c2ccccc2)cc(N2CCN(c3cc(C)c4cccc(C)c4n3)CC2)n1. The van der Waals surface area contributed by atoms with Crippen molar-refractivity contribution in [3.8, 4) is 11.3 Å².